The number of urea groups is 1. The molecule has 1 aromatic heterocycles. The van der Waals surface area contributed by atoms with E-state index in [2.05, 4.69) is 5.32 Å². The molecule has 2 aromatic rings. The molecule has 1 aliphatic carbocycles. The van der Waals surface area contributed by atoms with E-state index in [4.69, 9.17) is 16.7 Å². The number of carbonyl (C=O) groups excluding carboxylic acids is 2. The summed E-state index contributed by atoms with van der Waals surface area (Å²) >= 11 is 6.31. The number of nitrogens with zero attached hydrogens (tertiary/aromatic N) is 4. The third kappa shape index (κ3) is 3.72. The highest BCUT2D eigenvalue weighted by molar-refractivity contribution is 6.31. The average Bonchev–Trinajstić information content (AvgIpc) is 3.34. The molecule has 2 aliphatic rings. The number of rotatable bonds is 6. The number of amides is 3. The van der Waals surface area contributed by atoms with Crippen molar-refractivity contribution in [3.05, 3.63) is 51.8 Å². The van der Waals surface area contributed by atoms with Crippen LogP contribution in [-0.2, 0) is 17.9 Å². The quantitative estimate of drug-likeness (QED) is 0.714. The molecule has 0 unspecified atom stereocenters. The van der Waals surface area contributed by atoms with Crippen molar-refractivity contribution in [2.24, 2.45) is 0 Å². The Morgan fingerprint density at radius 2 is 1.90 bits per heavy atom. The molecule has 1 spiro atoms. The normalized spacial score (nSPS) is 18.1. The monoisotopic (exact) mass is 429 g/mol. The van der Waals surface area contributed by atoms with Gasteiger partial charge in [-0.15, -0.1) is 0 Å². The summed E-state index contributed by atoms with van der Waals surface area (Å²) in [5.41, 5.74) is 3.46. The van der Waals surface area contributed by atoms with E-state index in [0.29, 0.717) is 13.1 Å². The molecule has 0 bridgehead atoms. The molecule has 1 saturated heterocycles. The smallest absolute Gasteiger partial charge is 0.323 e. The molecule has 7 nitrogen and oxygen atoms in total. The average molecular weight is 430 g/mol. The fourth-order valence-corrected chi connectivity index (χ4v) is 4.78. The van der Waals surface area contributed by atoms with Crippen LogP contribution in [0.1, 0.15) is 48.2 Å². The van der Waals surface area contributed by atoms with Gasteiger partial charge in [0.25, 0.3) is 5.91 Å². The first-order valence-corrected chi connectivity index (χ1v) is 10.8. The summed E-state index contributed by atoms with van der Waals surface area (Å²) in [5.74, 6) is -0.0836. The summed E-state index contributed by atoms with van der Waals surface area (Å²) in [6.45, 7) is 5.50. The van der Waals surface area contributed by atoms with Gasteiger partial charge in [0.05, 0.1) is 18.9 Å². The van der Waals surface area contributed by atoms with Crippen LogP contribution < -0.4 is 5.32 Å². The van der Waals surface area contributed by atoms with Gasteiger partial charge in [-0.1, -0.05) is 42.6 Å². The second-order valence-electron chi connectivity index (χ2n) is 8.51. The van der Waals surface area contributed by atoms with Crippen molar-refractivity contribution in [3.8, 4) is 0 Å². The molecule has 1 N–H and O–H groups in total. The Morgan fingerprint density at radius 1 is 1.20 bits per heavy atom. The van der Waals surface area contributed by atoms with Crippen LogP contribution in [0.3, 0.4) is 0 Å². The van der Waals surface area contributed by atoms with Gasteiger partial charge >= 0.3 is 6.03 Å². The first-order valence-electron chi connectivity index (χ1n) is 10.4. The maximum atomic E-state index is 12.9. The van der Waals surface area contributed by atoms with Gasteiger partial charge in [-0.25, -0.2) is 9.69 Å². The molecule has 0 radical (unpaired) electrons. The Hall–Kier alpha value is -2.38. The Labute approximate surface area is 182 Å². The van der Waals surface area contributed by atoms with Gasteiger partial charge in [-0.3, -0.25) is 14.4 Å². The highest BCUT2D eigenvalue weighted by Crippen LogP contribution is 2.35. The van der Waals surface area contributed by atoms with Crippen LogP contribution >= 0.6 is 11.6 Å². The predicted molar refractivity (Wildman–Crippen MR) is 115 cm³/mol. The Kier molecular flexibility index (Phi) is 5.59. The van der Waals surface area contributed by atoms with Gasteiger partial charge in [0.1, 0.15) is 5.54 Å². The van der Waals surface area contributed by atoms with E-state index in [9.17, 15) is 9.59 Å². The number of aromatic nitrogens is 2. The van der Waals surface area contributed by atoms with Crippen molar-refractivity contribution in [2.45, 2.75) is 58.2 Å². The molecule has 2 heterocycles. The molecule has 4 rings (SSSR count). The van der Waals surface area contributed by atoms with E-state index in [1.807, 2.05) is 54.7 Å². The molecule has 0 atom stereocenters. The van der Waals surface area contributed by atoms with Crippen molar-refractivity contribution in [3.63, 3.8) is 0 Å². The Morgan fingerprint density at radius 3 is 2.60 bits per heavy atom. The van der Waals surface area contributed by atoms with Gasteiger partial charge in [0, 0.05) is 22.8 Å². The lowest BCUT2D eigenvalue weighted by Crippen LogP contribution is -2.45. The molecular weight excluding hydrogens is 402 g/mol. The van der Waals surface area contributed by atoms with Crippen molar-refractivity contribution in [1.82, 2.24) is 24.9 Å². The minimum Gasteiger partial charge on any atom is -0.323 e. The molecule has 30 heavy (non-hydrogen) atoms. The summed E-state index contributed by atoms with van der Waals surface area (Å²) < 4.78 is 1.96. The van der Waals surface area contributed by atoms with Gasteiger partial charge < -0.3 is 5.32 Å². The molecule has 1 saturated carbocycles. The number of halogens is 1. The zero-order valence-electron chi connectivity index (χ0n) is 17.7. The van der Waals surface area contributed by atoms with E-state index in [0.717, 1.165) is 53.2 Å². The molecule has 160 valence electrons. The van der Waals surface area contributed by atoms with E-state index >= 15 is 0 Å². The first-order chi connectivity index (χ1) is 14.3. The zero-order chi connectivity index (χ0) is 21.5. The predicted octanol–water partition coefficient (Wildman–Crippen LogP) is 3.46. The van der Waals surface area contributed by atoms with Crippen LogP contribution in [0.5, 0.6) is 0 Å². The standard InChI is InChI=1S/C22H28ClN5O2/c1-15-18(16(2)28(25-15)12-17-8-4-5-9-19(17)23)13-26(3)14-27-20(29)22(24-21(27)30)10-6-7-11-22/h4-5,8-9H,6-7,10-14H2,1-3H3,(H,24,30). The fourth-order valence-electron chi connectivity index (χ4n) is 4.59. The summed E-state index contributed by atoms with van der Waals surface area (Å²) in [4.78, 5) is 28.7. The van der Waals surface area contributed by atoms with Crippen LogP contribution in [0.15, 0.2) is 24.3 Å². The summed E-state index contributed by atoms with van der Waals surface area (Å²) in [6, 6.07) is 7.49. The lowest BCUT2D eigenvalue weighted by molar-refractivity contribution is -0.132. The fraction of sp³-hybridized carbons (Fsp3) is 0.500. The highest BCUT2D eigenvalue weighted by atomic mass is 35.5. The molecule has 3 amide bonds. The minimum absolute atomic E-state index is 0.0836. The summed E-state index contributed by atoms with van der Waals surface area (Å²) in [6.07, 6.45) is 3.45. The number of nitrogens with one attached hydrogen (secondary N) is 1. The van der Waals surface area contributed by atoms with E-state index in [1.165, 1.54) is 4.90 Å². The largest absolute Gasteiger partial charge is 0.326 e. The van der Waals surface area contributed by atoms with Crippen molar-refractivity contribution in [2.75, 3.05) is 13.7 Å². The van der Waals surface area contributed by atoms with E-state index in [1.54, 1.807) is 0 Å². The van der Waals surface area contributed by atoms with Crippen molar-refractivity contribution >= 4 is 23.5 Å². The Bertz CT molecular complexity index is 980. The second-order valence-corrected chi connectivity index (χ2v) is 8.91. The van der Waals surface area contributed by atoms with Crippen LogP contribution in [0.4, 0.5) is 4.79 Å². The van der Waals surface area contributed by atoms with Gasteiger partial charge in [-0.2, -0.15) is 5.10 Å². The topological polar surface area (TPSA) is 70.5 Å². The summed E-state index contributed by atoms with van der Waals surface area (Å²) in [5, 5.41) is 8.36. The van der Waals surface area contributed by atoms with Crippen molar-refractivity contribution in [1.29, 1.82) is 0 Å². The Balaban J connectivity index is 1.45. The number of hydrogen-bond acceptors (Lipinski definition) is 4. The molecule has 1 aliphatic heterocycles. The summed E-state index contributed by atoms with van der Waals surface area (Å²) in [7, 11) is 1.92. The van der Waals surface area contributed by atoms with Crippen LogP contribution in [0.25, 0.3) is 0 Å². The van der Waals surface area contributed by atoms with E-state index in [-0.39, 0.29) is 18.6 Å². The number of hydrogen-bond donors (Lipinski definition) is 1. The molecule has 1 aromatic carbocycles. The third-order valence-electron chi connectivity index (χ3n) is 6.32. The lowest BCUT2D eigenvalue weighted by atomic mass is 9.98. The molecule has 2 fully saturated rings. The van der Waals surface area contributed by atoms with Crippen molar-refractivity contribution < 1.29 is 9.59 Å². The number of imide groups is 1. The molecule has 8 heteroatoms. The highest BCUT2D eigenvalue weighted by Gasteiger charge is 2.52. The number of benzene rings is 1. The SMILES string of the molecule is Cc1nn(Cc2ccccc2Cl)c(C)c1CN(C)CN1C(=O)NC2(CCCC2)C1=O. The van der Waals surface area contributed by atoms with E-state index < -0.39 is 5.54 Å². The minimum atomic E-state index is -0.663. The first kappa shape index (κ1) is 20.9. The maximum Gasteiger partial charge on any atom is 0.326 e. The third-order valence-corrected chi connectivity index (χ3v) is 6.69. The molecular formula is C22H28ClN5O2. The second kappa shape index (κ2) is 8.04. The van der Waals surface area contributed by atoms with Crippen LogP contribution in [0.2, 0.25) is 5.02 Å². The van der Waals surface area contributed by atoms with Gasteiger partial charge in [0.15, 0.2) is 0 Å². The zero-order valence-corrected chi connectivity index (χ0v) is 18.5. The van der Waals surface area contributed by atoms with Crippen LogP contribution in [0, 0.1) is 13.8 Å². The number of aryl methyl sites for hydroxylation is 1. The van der Waals surface area contributed by atoms with Gasteiger partial charge in [-0.05, 0) is 45.4 Å². The number of carbonyl (C=O) groups is 2. The van der Waals surface area contributed by atoms with Crippen LogP contribution in [-0.4, -0.2) is 50.8 Å². The maximum absolute atomic E-state index is 12.9. The lowest BCUT2D eigenvalue weighted by Gasteiger charge is -2.24. The van der Waals surface area contributed by atoms with Gasteiger partial charge in [0.2, 0.25) is 0 Å².